The number of hydrogen-bond acceptors (Lipinski definition) is 1. The van der Waals surface area contributed by atoms with Crippen LogP contribution in [0.4, 0.5) is 13.2 Å². The Morgan fingerprint density at radius 2 is 1.79 bits per heavy atom. The van der Waals surface area contributed by atoms with Crippen LogP contribution in [0.2, 0.25) is 15.1 Å². The van der Waals surface area contributed by atoms with Gasteiger partial charge in [0.25, 0.3) is 5.82 Å². The summed E-state index contributed by atoms with van der Waals surface area (Å²) in [7, 11) is 0. The third-order valence-electron chi connectivity index (χ3n) is 4.10. The fourth-order valence-corrected chi connectivity index (χ4v) is 4.07. The number of halogens is 6. The fourth-order valence-electron chi connectivity index (χ4n) is 3.09. The standard InChI is InChI=1S/C15H14Cl3F3N3/c1-8-22-14-10(15(19,20)21)4-2-3-5-23(14)24(8)13-11(17)6-9(16)7-12(13)18/h6-7,10H,2-5H2,1H3/q+1. The zero-order valence-electron chi connectivity index (χ0n) is 12.7. The number of nitrogens with zero attached hydrogens (tertiary/aromatic N) is 3. The number of fused-ring (bicyclic) bond motifs is 1. The van der Waals surface area contributed by atoms with Gasteiger partial charge in [-0.05, 0) is 36.4 Å². The lowest BCUT2D eigenvalue weighted by atomic mass is 10.0. The maximum atomic E-state index is 13.4. The first kappa shape index (κ1) is 17.8. The Balaban J connectivity index is 2.24. The lowest BCUT2D eigenvalue weighted by Gasteiger charge is -2.14. The van der Waals surface area contributed by atoms with Gasteiger partial charge in [0.1, 0.15) is 12.2 Å². The third-order valence-corrected chi connectivity index (χ3v) is 4.90. The summed E-state index contributed by atoms with van der Waals surface area (Å²) in [6.07, 6.45) is -3.21. The molecule has 0 amide bonds. The van der Waals surface area contributed by atoms with Gasteiger partial charge in [-0.15, -0.1) is 9.36 Å². The fraction of sp³-hybridized carbons (Fsp3) is 0.467. The van der Waals surface area contributed by atoms with Crippen molar-refractivity contribution >= 4 is 34.8 Å². The Morgan fingerprint density at radius 1 is 1.17 bits per heavy atom. The smallest absolute Gasteiger partial charge is 0.170 e. The Bertz CT molecular complexity index is 763. The van der Waals surface area contributed by atoms with Gasteiger partial charge in [-0.1, -0.05) is 34.8 Å². The Hall–Kier alpha value is -0.980. The van der Waals surface area contributed by atoms with Gasteiger partial charge in [0, 0.05) is 11.9 Å². The zero-order valence-corrected chi connectivity index (χ0v) is 14.9. The molecule has 0 N–H and O–H groups in total. The zero-order chi connectivity index (χ0) is 17.6. The maximum absolute atomic E-state index is 13.4. The highest BCUT2D eigenvalue weighted by Crippen LogP contribution is 2.39. The van der Waals surface area contributed by atoms with Crippen molar-refractivity contribution in [2.45, 2.75) is 44.8 Å². The summed E-state index contributed by atoms with van der Waals surface area (Å²) in [4.78, 5) is 4.20. The maximum Gasteiger partial charge on any atom is 0.403 e. The summed E-state index contributed by atoms with van der Waals surface area (Å²) in [6.45, 7) is 2.05. The van der Waals surface area contributed by atoms with E-state index >= 15 is 0 Å². The van der Waals surface area contributed by atoms with Gasteiger partial charge in [0.2, 0.25) is 0 Å². The minimum absolute atomic E-state index is 0.000386. The molecule has 0 radical (unpaired) electrons. The molecule has 0 saturated carbocycles. The average Bonchev–Trinajstić information content (AvgIpc) is 2.63. The van der Waals surface area contributed by atoms with E-state index in [1.807, 2.05) is 0 Å². The molecule has 130 valence electrons. The van der Waals surface area contributed by atoms with Crippen molar-refractivity contribution in [2.75, 3.05) is 0 Å². The first-order valence-corrected chi connectivity index (χ1v) is 8.54. The number of aromatic nitrogens is 3. The Morgan fingerprint density at radius 3 is 2.38 bits per heavy atom. The van der Waals surface area contributed by atoms with Crippen molar-refractivity contribution in [1.82, 2.24) is 9.67 Å². The molecule has 24 heavy (non-hydrogen) atoms. The van der Waals surface area contributed by atoms with Gasteiger partial charge in [0.15, 0.2) is 5.92 Å². The average molecular weight is 400 g/mol. The van der Waals surface area contributed by atoms with Crippen LogP contribution >= 0.6 is 34.8 Å². The van der Waals surface area contributed by atoms with Crippen molar-refractivity contribution in [2.24, 2.45) is 0 Å². The third kappa shape index (κ3) is 3.11. The van der Waals surface area contributed by atoms with Crippen LogP contribution < -0.4 is 4.68 Å². The number of aryl methyl sites for hydroxylation is 1. The quantitative estimate of drug-likeness (QED) is 0.600. The second kappa shape index (κ2) is 6.39. The van der Waals surface area contributed by atoms with Crippen LogP contribution in [0.3, 0.4) is 0 Å². The predicted molar refractivity (Wildman–Crippen MR) is 86.2 cm³/mol. The molecule has 0 saturated heterocycles. The second-order valence-corrected chi connectivity index (χ2v) is 7.01. The van der Waals surface area contributed by atoms with Gasteiger partial charge in [-0.3, -0.25) is 0 Å². The molecular formula is C15H14Cl3F3N3+. The molecule has 3 rings (SSSR count). The normalized spacial score (nSPS) is 18.4. The summed E-state index contributed by atoms with van der Waals surface area (Å²) >= 11 is 18.4. The molecule has 1 aliphatic heterocycles. The molecule has 2 aromatic rings. The van der Waals surface area contributed by atoms with E-state index in [2.05, 4.69) is 4.98 Å². The highest BCUT2D eigenvalue weighted by atomic mass is 35.5. The number of rotatable bonds is 1. The van der Waals surface area contributed by atoms with Gasteiger partial charge in [0.05, 0.1) is 10.0 Å². The van der Waals surface area contributed by atoms with Crippen molar-refractivity contribution in [3.05, 3.63) is 38.8 Å². The first-order chi connectivity index (χ1) is 11.2. The largest absolute Gasteiger partial charge is 0.403 e. The van der Waals surface area contributed by atoms with Crippen LogP contribution in [0.15, 0.2) is 12.1 Å². The number of hydrogen-bond donors (Lipinski definition) is 0. The molecule has 0 spiro atoms. The molecular weight excluding hydrogens is 386 g/mol. The molecule has 1 aliphatic rings. The van der Waals surface area contributed by atoms with E-state index < -0.39 is 12.1 Å². The summed E-state index contributed by atoms with van der Waals surface area (Å²) < 4.78 is 43.4. The van der Waals surface area contributed by atoms with E-state index in [1.165, 1.54) is 16.8 Å². The van der Waals surface area contributed by atoms with E-state index in [4.69, 9.17) is 34.8 Å². The summed E-state index contributed by atoms with van der Waals surface area (Å²) in [5.74, 6) is -1.20. The van der Waals surface area contributed by atoms with E-state index in [-0.39, 0.29) is 22.3 Å². The van der Waals surface area contributed by atoms with Crippen LogP contribution in [0.25, 0.3) is 5.69 Å². The first-order valence-electron chi connectivity index (χ1n) is 7.41. The Kier molecular flexibility index (Phi) is 4.75. The summed E-state index contributed by atoms with van der Waals surface area (Å²) in [5.41, 5.74) is 0.391. The van der Waals surface area contributed by atoms with E-state index in [0.29, 0.717) is 35.9 Å². The molecule has 2 heterocycles. The van der Waals surface area contributed by atoms with Crippen molar-refractivity contribution < 1.29 is 17.9 Å². The minimum Gasteiger partial charge on any atom is -0.170 e. The van der Waals surface area contributed by atoms with E-state index in [9.17, 15) is 13.2 Å². The van der Waals surface area contributed by atoms with Crippen LogP contribution in [0.1, 0.15) is 36.8 Å². The van der Waals surface area contributed by atoms with E-state index in [0.717, 1.165) is 0 Å². The lowest BCUT2D eigenvalue weighted by Crippen LogP contribution is -2.47. The summed E-state index contributed by atoms with van der Waals surface area (Å²) in [5, 5.41) is 0.878. The highest BCUT2D eigenvalue weighted by Gasteiger charge is 2.49. The molecule has 0 bridgehead atoms. The van der Waals surface area contributed by atoms with Crippen LogP contribution in [-0.2, 0) is 6.54 Å². The molecule has 0 aliphatic carbocycles. The van der Waals surface area contributed by atoms with Crippen molar-refractivity contribution in [1.29, 1.82) is 0 Å². The lowest BCUT2D eigenvalue weighted by molar-refractivity contribution is -0.775. The summed E-state index contributed by atoms with van der Waals surface area (Å²) in [6, 6.07) is 3.02. The number of alkyl halides is 3. The van der Waals surface area contributed by atoms with Crippen LogP contribution in [0, 0.1) is 6.92 Å². The van der Waals surface area contributed by atoms with Crippen molar-refractivity contribution in [3.8, 4) is 5.69 Å². The SMILES string of the molecule is Cc1nc2[n+](n1-c1c(Cl)cc(Cl)cc1Cl)CCCCC2C(F)(F)F. The minimum atomic E-state index is -4.34. The topological polar surface area (TPSA) is 21.7 Å². The molecule has 0 fully saturated rings. The Labute approximate surface area is 151 Å². The number of benzene rings is 1. The monoisotopic (exact) mass is 398 g/mol. The molecule has 1 aromatic heterocycles. The van der Waals surface area contributed by atoms with Crippen LogP contribution in [0.5, 0.6) is 0 Å². The van der Waals surface area contributed by atoms with Crippen LogP contribution in [-0.4, -0.2) is 15.8 Å². The van der Waals surface area contributed by atoms with Gasteiger partial charge >= 0.3 is 12.0 Å². The highest BCUT2D eigenvalue weighted by molar-refractivity contribution is 6.40. The van der Waals surface area contributed by atoms with Gasteiger partial charge in [-0.2, -0.15) is 13.2 Å². The predicted octanol–water partition coefficient (Wildman–Crippen LogP) is 5.26. The molecule has 1 atom stereocenters. The van der Waals surface area contributed by atoms with Gasteiger partial charge in [-0.25, -0.2) is 0 Å². The molecule has 3 nitrogen and oxygen atoms in total. The second-order valence-electron chi connectivity index (χ2n) is 5.76. The molecule has 9 heteroatoms. The van der Waals surface area contributed by atoms with Gasteiger partial charge < -0.3 is 0 Å². The molecule has 1 unspecified atom stereocenters. The van der Waals surface area contributed by atoms with Crippen molar-refractivity contribution in [3.63, 3.8) is 0 Å². The van der Waals surface area contributed by atoms with E-state index in [1.54, 1.807) is 11.6 Å². The molecule has 1 aromatic carbocycles.